The van der Waals surface area contributed by atoms with Crippen molar-refractivity contribution in [2.24, 2.45) is 0 Å². The number of hydrogen-bond acceptors (Lipinski definition) is 4. The predicted octanol–water partition coefficient (Wildman–Crippen LogP) is 2.93. The van der Waals surface area contributed by atoms with Gasteiger partial charge in [-0.05, 0) is 52.4 Å². The van der Waals surface area contributed by atoms with E-state index in [0.717, 1.165) is 9.13 Å². The van der Waals surface area contributed by atoms with E-state index in [-0.39, 0.29) is 24.6 Å². The van der Waals surface area contributed by atoms with Crippen LogP contribution in [0.1, 0.15) is 5.56 Å². The molecule has 3 rings (SSSR count). The summed E-state index contributed by atoms with van der Waals surface area (Å²) in [5.41, 5.74) is 0.917. The van der Waals surface area contributed by atoms with Crippen molar-refractivity contribution < 1.29 is 17.9 Å². The van der Waals surface area contributed by atoms with Crippen molar-refractivity contribution in [3.63, 3.8) is 0 Å². The lowest BCUT2D eigenvalue weighted by Crippen LogP contribution is -2.50. The van der Waals surface area contributed by atoms with Gasteiger partial charge in [-0.3, -0.25) is 0 Å². The maximum atomic E-state index is 12.7. The normalized spacial score (nSPS) is 15.7. The lowest BCUT2D eigenvalue weighted by Gasteiger charge is -2.33. The molecular weight excluding hydrogens is 467 g/mol. The average Bonchev–Trinajstić information content (AvgIpc) is 2.67. The largest absolute Gasteiger partial charge is 0.445 e. The average molecular weight is 486 g/mol. The van der Waals surface area contributed by atoms with E-state index in [2.05, 4.69) is 22.6 Å². The van der Waals surface area contributed by atoms with Gasteiger partial charge in [0.25, 0.3) is 0 Å². The lowest BCUT2D eigenvalue weighted by atomic mass is 10.2. The monoisotopic (exact) mass is 486 g/mol. The molecule has 0 N–H and O–H groups in total. The Morgan fingerprint density at radius 2 is 1.58 bits per heavy atom. The smallest absolute Gasteiger partial charge is 0.410 e. The van der Waals surface area contributed by atoms with E-state index in [4.69, 9.17) is 4.74 Å². The van der Waals surface area contributed by atoms with Gasteiger partial charge in [-0.15, -0.1) is 0 Å². The molecule has 1 amide bonds. The molecule has 2 aromatic rings. The summed E-state index contributed by atoms with van der Waals surface area (Å²) in [5.74, 6) is 0. The summed E-state index contributed by atoms with van der Waals surface area (Å²) in [7, 11) is -3.53. The minimum absolute atomic E-state index is 0.209. The molecule has 1 fully saturated rings. The van der Waals surface area contributed by atoms with Gasteiger partial charge >= 0.3 is 6.09 Å². The van der Waals surface area contributed by atoms with Crippen molar-refractivity contribution >= 4 is 38.7 Å². The number of piperazine rings is 1. The second-order valence-corrected chi connectivity index (χ2v) is 9.07. The summed E-state index contributed by atoms with van der Waals surface area (Å²) in [4.78, 5) is 14.0. The second-order valence-electron chi connectivity index (χ2n) is 5.89. The molecule has 2 aromatic carbocycles. The summed E-state index contributed by atoms with van der Waals surface area (Å²) >= 11 is 2.13. The molecule has 0 bridgehead atoms. The molecule has 26 heavy (non-hydrogen) atoms. The zero-order valence-corrected chi connectivity index (χ0v) is 17.0. The van der Waals surface area contributed by atoms with E-state index in [1.807, 2.05) is 30.3 Å². The molecule has 0 atom stereocenters. The van der Waals surface area contributed by atoms with Crippen LogP contribution in [0.15, 0.2) is 59.5 Å². The van der Waals surface area contributed by atoms with Gasteiger partial charge in [0.05, 0.1) is 4.90 Å². The highest BCUT2D eigenvalue weighted by Gasteiger charge is 2.30. The third kappa shape index (κ3) is 4.54. The number of nitrogens with zero attached hydrogens (tertiary/aromatic N) is 2. The highest BCUT2D eigenvalue weighted by molar-refractivity contribution is 14.1. The zero-order valence-electron chi connectivity index (χ0n) is 14.0. The Hall–Kier alpha value is -1.65. The highest BCUT2D eigenvalue weighted by Crippen LogP contribution is 2.19. The van der Waals surface area contributed by atoms with Gasteiger partial charge in [-0.2, -0.15) is 4.31 Å². The minimum Gasteiger partial charge on any atom is -0.445 e. The number of hydrogen-bond donors (Lipinski definition) is 0. The molecular formula is C18H19IN2O4S. The number of carbonyl (C=O) groups excluding carboxylic acids is 1. The van der Waals surface area contributed by atoms with Crippen molar-refractivity contribution in [1.82, 2.24) is 9.21 Å². The molecule has 1 heterocycles. The Morgan fingerprint density at radius 1 is 0.962 bits per heavy atom. The first-order valence-electron chi connectivity index (χ1n) is 8.18. The number of amides is 1. The SMILES string of the molecule is O=C(OCc1ccccc1)N1CCN(S(=O)(=O)c2ccc(I)cc2)CC1. The third-order valence-corrected chi connectivity index (χ3v) is 6.79. The van der Waals surface area contributed by atoms with Crippen LogP contribution in [-0.4, -0.2) is 49.9 Å². The fourth-order valence-corrected chi connectivity index (χ4v) is 4.46. The van der Waals surface area contributed by atoms with Crippen LogP contribution in [0.25, 0.3) is 0 Å². The molecule has 8 heteroatoms. The first-order chi connectivity index (χ1) is 12.5. The summed E-state index contributed by atoms with van der Waals surface area (Å²) in [6.07, 6.45) is -0.417. The van der Waals surface area contributed by atoms with Gasteiger partial charge in [0.2, 0.25) is 10.0 Å². The van der Waals surface area contributed by atoms with Gasteiger partial charge in [0, 0.05) is 29.7 Å². The summed E-state index contributed by atoms with van der Waals surface area (Å²) in [6, 6.07) is 16.2. The molecule has 1 saturated heterocycles. The quantitative estimate of drug-likeness (QED) is 0.624. The first-order valence-corrected chi connectivity index (χ1v) is 10.7. The Balaban J connectivity index is 1.55. The van der Waals surface area contributed by atoms with E-state index >= 15 is 0 Å². The Kier molecular flexibility index (Phi) is 6.15. The van der Waals surface area contributed by atoms with Crippen LogP contribution < -0.4 is 0 Å². The van der Waals surface area contributed by atoms with Gasteiger partial charge < -0.3 is 9.64 Å². The molecule has 6 nitrogen and oxygen atoms in total. The van der Waals surface area contributed by atoms with E-state index in [1.54, 1.807) is 29.2 Å². The fraction of sp³-hybridized carbons (Fsp3) is 0.278. The van der Waals surface area contributed by atoms with Crippen LogP contribution in [0.4, 0.5) is 4.79 Å². The number of ether oxygens (including phenoxy) is 1. The molecule has 138 valence electrons. The maximum Gasteiger partial charge on any atom is 0.410 e. The highest BCUT2D eigenvalue weighted by atomic mass is 127. The second kappa shape index (κ2) is 8.36. The van der Waals surface area contributed by atoms with Gasteiger partial charge in [-0.25, -0.2) is 13.2 Å². The summed E-state index contributed by atoms with van der Waals surface area (Å²) < 4.78 is 33.0. The molecule has 1 aliphatic rings. The minimum atomic E-state index is -3.53. The van der Waals surface area contributed by atoms with Gasteiger partial charge in [0.15, 0.2) is 0 Å². The van der Waals surface area contributed by atoms with E-state index < -0.39 is 16.1 Å². The lowest BCUT2D eigenvalue weighted by molar-refractivity contribution is 0.0838. The van der Waals surface area contributed by atoms with Crippen LogP contribution in [0.5, 0.6) is 0 Å². The fourth-order valence-electron chi connectivity index (χ4n) is 2.68. The first kappa shape index (κ1) is 19.1. The van der Waals surface area contributed by atoms with Crippen molar-refractivity contribution in [3.8, 4) is 0 Å². The number of benzene rings is 2. The van der Waals surface area contributed by atoms with Crippen molar-refractivity contribution in [1.29, 1.82) is 0 Å². The molecule has 1 aliphatic heterocycles. The zero-order chi connectivity index (χ0) is 18.6. The van der Waals surface area contributed by atoms with Crippen LogP contribution >= 0.6 is 22.6 Å². The number of carbonyl (C=O) groups is 1. The van der Waals surface area contributed by atoms with E-state index in [1.165, 1.54) is 4.31 Å². The van der Waals surface area contributed by atoms with Gasteiger partial charge in [-0.1, -0.05) is 30.3 Å². The van der Waals surface area contributed by atoms with Gasteiger partial charge in [0.1, 0.15) is 6.61 Å². The Bertz CT molecular complexity index is 849. The van der Waals surface area contributed by atoms with E-state index in [0.29, 0.717) is 13.1 Å². The van der Waals surface area contributed by atoms with Crippen molar-refractivity contribution in [2.75, 3.05) is 26.2 Å². The Morgan fingerprint density at radius 3 is 2.19 bits per heavy atom. The number of sulfonamides is 1. The number of rotatable bonds is 4. The summed E-state index contributed by atoms with van der Waals surface area (Å²) in [5, 5.41) is 0. The van der Waals surface area contributed by atoms with E-state index in [9.17, 15) is 13.2 Å². The standard InChI is InChI=1S/C18H19IN2O4S/c19-16-6-8-17(9-7-16)26(23,24)21-12-10-20(11-13-21)18(22)25-14-15-4-2-1-3-5-15/h1-9H,10-14H2. The van der Waals surface area contributed by atoms with Crippen LogP contribution in [0.2, 0.25) is 0 Å². The maximum absolute atomic E-state index is 12.7. The topological polar surface area (TPSA) is 66.9 Å². The Labute approximate surface area is 166 Å². The van der Waals surface area contributed by atoms with Crippen molar-refractivity contribution in [3.05, 3.63) is 63.7 Å². The van der Waals surface area contributed by atoms with Crippen LogP contribution in [0, 0.1) is 3.57 Å². The van der Waals surface area contributed by atoms with Crippen LogP contribution in [0.3, 0.4) is 0 Å². The van der Waals surface area contributed by atoms with Crippen molar-refractivity contribution in [2.45, 2.75) is 11.5 Å². The number of halogens is 1. The summed E-state index contributed by atoms with van der Waals surface area (Å²) in [6.45, 7) is 1.36. The molecule has 0 saturated carbocycles. The molecule has 0 unspecified atom stereocenters. The third-order valence-electron chi connectivity index (χ3n) is 4.15. The predicted molar refractivity (Wildman–Crippen MR) is 106 cm³/mol. The van der Waals surface area contributed by atoms with Crippen LogP contribution in [-0.2, 0) is 21.4 Å². The molecule has 0 aliphatic carbocycles. The molecule has 0 aromatic heterocycles. The molecule has 0 spiro atoms. The molecule has 0 radical (unpaired) electrons.